The van der Waals surface area contributed by atoms with Gasteiger partial charge < -0.3 is 9.64 Å². The Labute approximate surface area is 202 Å². The van der Waals surface area contributed by atoms with E-state index in [-0.39, 0.29) is 18.2 Å². The van der Waals surface area contributed by atoms with Gasteiger partial charge in [-0.1, -0.05) is 6.92 Å². The van der Waals surface area contributed by atoms with Crippen molar-refractivity contribution in [3.63, 3.8) is 0 Å². The van der Waals surface area contributed by atoms with Crippen molar-refractivity contribution < 1.29 is 14.3 Å². The van der Waals surface area contributed by atoms with Gasteiger partial charge in [-0.05, 0) is 30.7 Å². The molecule has 0 radical (unpaired) electrons. The molecule has 4 aromatic rings. The monoisotopic (exact) mass is 471 g/mol. The molecule has 3 aromatic heterocycles. The lowest BCUT2D eigenvalue weighted by atomic mass is 9.88. The molecule has 0 bridgehead atoms. The van der Waals surface area contributed by atoms with E-state index in [1.165, 1.54) is 22.9 Å². The normalized spacial score (nSPS) is 11.7. The van der Waals surface area contributed by atoms with Gasteiger partial charge in [0.2, 0.25) is 5.91 Å². The highest BCUT2D eigenvalue weighted by Crippen LogP contribution is 2.37. The third-order valence-electron chi connectivity index (χ3n) is 5.81. The van der Waals surface area contributed by atoms with Crippen molar-refractivity contribution in [1.82, 2.24) is 29.3 Å². The summed E-state index contributed by atoms with van der Waals surface area (Å²) in [5.41, 5.74) is 2.98. The van der Waals surface area contributed by atoms with Gasteiger partial charge >= 0.3 is 0 Å². The number of nitrogens with zero attached hydrogens (tertiary/aromatic N) is 7. The summed E-state index contributed by atoms with van der Waals surface area (Å²) in [6.07, 6.45) is 7.06. The van der Waals surface area contributed by atoms with Crippen molar-refractivity contribution in [1.29, 1.82) is 5.26 Å². The minimum atomic E-state index is -0.585. The number of Topliss-reactive ketones (excluding diaryl/α,β-unsaturated/α-hetero) is 1. The number of benzene rings is 1. The van der Waals surface area contributed by atoms with Gasteiger partial charge in [-0.15, -0.1) is 0 Å². The molecule has 0 aliphatic rings. The average Bonchev–Trinajstić information content (AvgIpc) is 3.48. The summed E-state index contributed by atoms with van der Waals surface area (Å²) in [6, 6.07) is 8.90. The largest absolute Gasteiger partial charge is 0.496 e. The number of methoxy groups -OCH3 is 1. The highest BCUT2D eigenvalue weighted by Gasteiger charge is 2.30. The van der Waals surface area contributed by atoms with E-state index in [2.05, 4.69) is 21.3 Å². The van der Waals surface area contributed by atoms with Gasteiger partial charge in [-0.2, -0.15) is 15.5 Å². The molecule has 0 spiro atoms. The van der Waals surface area contributed by atoms with Crippen LogP contribution in [0.2, 0.25) is 0 Å². The van der Waals surface area contributed by atoms with Crippen LogP contribution >= 0.6 is 0 Å². The zero-order chi connectivity index (χ0) is 25.1. The first kappa shape index (κ1) is 23.6. The molecule has 0 aliphatic heterocycles. The third kappa shape index (κ3) is 4.48. The standard InChI is InChI=1S/C25H25N7O3/c1-5-17(24(34)19-13-28-32-10-6-9-27-25(19)32)20-14-31(15-22(33)30(2)3)29-23(20)18-11-16(12-26)7-8-21(18)35-4/h6-11,13-14,17H,5,15H2,1-4H3. The van der Waals surface area contributed by atoms with Gasteiger partial charge in [0.25, 0.3) is 0 Å². The van der Waals surface area contributed by atoms with Crippen molar-refractivity contribution >= 4 is 17.3 Å². The molecule has 0 aliphatic carbocycles. The highest BCUT2D eigenvalue weighted by molar-refractivity contribution is 6.06. The summed E-state index contributed by atoms with van der Waals surface area (Å²) >= 11 is 0. The Balaban J connectivity index is 1.87. The Morgan fingerprint density at radius 3 is 2.77 bits per heavy atom. The number of carbonyl (C=O) groups is 2. The van der Waals surface area contributed by atoms with Gasteiger partial charge in [-0.25, -0.2) is 9.50 Å². The van der Waals surface area contributed by atoms with Crippen LogP contribution in [-0.4, -0.2) is 62.2 Å². The molecule has 0 N–H and O–H groups in total. The van der Waals surface area contributed by atoms with Crippen LogP contribution in [0, 0.1) is 11.3 Å². The Hall–Kier alpha value is -4.52. The van der Waals surface area contributed by atoms with E-state index in [0.717, 1.165) is 0 Å². The average molecular weight is 472 g/mol. The second-order valence-electron chi connectivity index (χ2n) is 8.22. The van der Waals surface area contributed by atoms with Gasteiger partial charge in [-0.3, -0.25) is 14.3 Å². The van der Waals surface area contributed by atoms with E-state index in [1.807, 2.05) is 6.92 Å². The molecule has 1 unspecified atom stereocenters. The van der Waals surface area contributed by atoms with E-state index >= 15 is 0 Å². The molecule has 0 saturated heterocycles. The first-order chi connectivity index (χ1) is 16.9. The zero-order valence-electron chi connectivity index (χ0n) is 20.0. The molecule has 178 valence electrons. The predicted octanol–water partition coefficient (Wildman–Crippen LogP) is 2.94. The van der Waals surface area contributed by atoms with Gasteiger partial charge in [0.15, 0.2) is 11.4 Å². The number of rotatable bonds is 8. The van der Waals surface area contributed by atoms with E-state index in [4.69, 9.17) is 4.74 Å². The molecule has 3 heterocycles. The van der Waals surface area contributed by atoms with E-state index in [1.54, 1.807) is 61.5 Å². The number of hydrogen-bond donors (Lipinski definition) is 0. The number of fused-ring (bicyclic) bond motifs is 1. The molecule has 1 aromatic carbocycles. The molecule has 4 rings (SSSR count). The van der Waals surface area contributed by atoms with Crippen molar-refractivity contribution in [2.24, 2.45) is 0 Å². The highest BCUT2D eigenvalue weighted by atomic mass is 16.5. The summed E-state index contributed by atoms with van der Waals surface area (Å²) in [4.78, 5) is 32.0. The number of carbonyl (C=O) groups excluding carboxylic acids is 2. The van der Waals surface area contributed by atoms with Gasteiger partial charge in [0, 0.05) is 43.8 Å². The topological polar surface area (TPSA) is 118 Å². The van der Waals surface area contributed by atoms with E-state index in [0.29, 0.717) is 45.8 Å². The lowest BCUT2D eigenvalue weighted by Gasteiger charge is -2.15. The fourth-order valence-electron chi connectivity index (χ4n) is 3.96. The van der Waals surface area contributed by atoms with Gasteiger partial charge in [0.05, 0.1) is 42.1 Å². The molecule has 10 nitrogen and oxygen atoms in total. The second-order valence-corrected chi connectivity index (χ2v) is 8.22. The molecule has 10 heteroatoms. The Morgan fingerprint density at radius 1 is 1.29 bits per heavy atom. The molecular formula is C25H25N7O3. The fraction of sp³-hybridized carbons (Fsp3) is 0.280. The van der Waals surface area contributed by atoms with Crippen LogP contribution < -0.4 is 4.74 Å². The summed E-state index contributed by atoms with van der Waals surface area (Å²) in [5, 5.41) is 18.4. The molecule has 35 heavy (non-hydrogen) atoms. The van der Waals surface area contributed by atoms with Crippen molar-refractivity contribution in [2.45, 2.75) is 25.8 Å². The lowest BCUT2D eigenvalue weighted by molar-refractivity contribution is -0.129. The SMILES string of the molecule is CCC(C(=O)c1cnn2cccnc12)c1cn(CC(=O)N(C)C)nc1-c1cc(C#N)ccc1OC. The molecular weight excluding hydrogens is 446 g/mol. The maximum atomic E-state index is 13.8. The number of hydrogen-bond acceptors (Lipinski definition) is 7. The zero-order valence-corrected chi connectivity index (χ0v) is 20.0. The quantitative estimate of drug-likeness (QED) is 0.363. The maximum Gasteiger partial charge on any atom is 0.243 e. The van der Waals surface area contributed by atoms with Crippen LogP contribution in [0.15, 0.2) is 49.1 Å². The van der Waals surface area contributed by atoms with Crippen LogP contribution in [-0.2, 0) is 11.3 Å². The van der Waals surface area contributed by atoms with Crippen LogP contribution in [0.25, 0.3) is 16.9 Å². The first-order valence-electron chi connectivity index (χ1n) is 11.1. The Kier molecular flexibility index (Phi) is 6.59. The van der Waals surface area contributed by atoms with Crippen LogP contribution in [0.3, 0.4) is 0 Å². The smallest absolute Gasteiger partial charge is 0.243 e. The minimum absolute atomic E-state index is 0.00313. The summed E-state index contributed by atoms with van der Waals surface area (Å²) in [7, 11) is 4.87. The Morgan fingerprint density at radius 2 is 2.09 bits per heavy atom. The summed E-state index contributed by atoms with van der Waals surface area (Å²) in [6.45, 7) is 1.92. The third-order valence-corrected chi connectivity index (χ3v) is 5.81. The van der Waals surface area contributed by atoms with Crippen LogP contribution in [0.4, 0.5) is 0 Å². The summed E-state index contributed by atoms with van der Waals surface area (Å²) in [5.74, 6) is -0.376. The minimum Gasteiger partial charge on any atom is -0.496 e. The van der Waals surface area contributed by atoms with E-state index in [9.17, 15) is 14.9 Å². The van der Waals surface area contributed by atoms with Crippen molar-refractivity contribution in [3.8, 4) is 23.1 Å². The first-order valence-corrected chi connectivity index (χ1v) is 11.1. The molecule has 1 amide bonds. The number of aromatic nitrogens is 5. The lowest BCUT2D eigenvalue weighted by Crippen LogP contribution is -2.26. The number of ether oxygens (including phenoxy) is 1. The van der Waals surface area contributed by atoms with Crippen LogP contribution in [0.5, 0.6) is 5.75 Å². The molecule has 0 saturated carbocycles. The number of likely N-dealkylation sites (N-methyl/N-ethyl adjacent to an activating group) is 1. The maximum absolute atomic E-state index is 13.8. The number of nitriles is 1. The second kappa shape index (κ2) is 9.77. The molecule has 0 fully saturated rings. The number of amides is 1. The van der Waals surface area contributed by atoms with Crippen LogP contribution in [0.1, 0.15) is 40.7 Å². The van der Waals surface area contributed by atoms with Crippen molar-refractivity contribution in [2.75, 3.05) is 21.2 Å². The summed E-state index contributed by atoms with van der Waals surface area (Å²) < 4.78 is 8.62. The predicted molar refractivity (Wildman–Crippen MR) is 128 cm³/mol. The number of ketones is 1. The van der Waals surface area contributed by atoms with Crippen molar-refractivity contribution in [3.05, 3.63) is 65.7 Å². The van der Waals surface area contributed by atoms with E-state index < -0.39 is 5.92 Å². The fourth-order valence-corrected chi connectivity index (χ4v) is 3.96. The molecule has 1 atom stereocenters. The Bertz CT molecular complexity index is 1450. The van der Waals surface area contributed by atoms with Gasteiger partial charge in [0.1, 0.15) is 12.3 Å².